The number of urea groups is 1. The maximum absolute atomic E-state index is 11.9. The number of methoxy groups -OCH3 is 1. The van der Waals surface area contributed by atoms with Gasteiger partial charge < -0.3 is 19.5 Å². The Balaban J connectivity index is 2.06. The standard InChI is InChI=1S/C16H21N3O3/c1-11(2)17-16(20)19(3)10-13-9-15(22-18-13)12-6-5-7-14(8-12)21-4/h5-9,11H,10H2,1-4H3,(H,17,20). The molecule has 0 saturated heterocycles. The SMILES string of the molecule is COc1cccc(-c2cc(CN(C)C(=O)NC(C)C)no2)c1. The molecule has 6 nitrogen and oxygen atoms in total. The van der Waals surface area contributed by atoms with Crippen LogP contribution in [0.3, 0.4) is 0 Å². The Morgan fingerprint density at radius 1 is 1.41 bits per heavy atom. The first-order valence-corrected chi connectivity index (χ1v) is 7.11. The molecule has 2 amide bonds. The van der Waals surface area contributed by atoms with Crippen molar-refractivity contribution in [1.82, 2.24) is 15.4 Å². The number of amides is 2. The van der Waals surface area contributed by atoms with Gasteiger partial charge in [0.25, 0.3) is 0 Å². The van der Waals surface area contributed by atoms with Gasteiger partial charge >= 0.3 is 6.03 Å². The summed E-state index contributed by atoms with van der Waals surface area (Å²) in [5, 5.41) is 6.84. The Morgan fingerprint density at radius 2 is 2.18 bits per heavy atom. The topological polar surface area (TPSA) is 67.6 Å². The normalized spacial score (nSPS) is 10.6. The Morgan fingerprint density at radius 3 is 2.86 bits per heavy atom. The maximum Gasteiger partial charge on any atom is 0.317 e. The van der Waals surface area contributed by atoms with Crippen molar-refractivity contribution in [3.8, 4) is 17.1 Å². The molecule has 0 saturated carbocycles. The van der Waals surface area contributed by atoms with Gasteiger partial charge in [-0.3, -0.25) is 0 Å². The minimum Gasteiger partial charge on any atom is -0.497 e. The molecule has 1 aromatic heterocycles. The first-order valence-electron chi connectivity index (χ1n) is 7.11. The number of aromatic nitrogens is 1. The smallest absolute Gasteiger partial charge is 0.317 e. The molecule has 0 spiro atoms. The molecule has 0 aliphatic carbocycles. The summed E-state index contributed by atoms with van der Waals surface area (Å²) >= 11 is 0. The van der Waals surface area contributed by atoms with E-state index < -0.39 is 0 Å². The highest BCUT2D eigenvalue weighted by Gasteiger charge is 2.13. The van der Waals surface area contributed by atoms with Crippen LogP contribution >= 0.6 is 0 Å². The molecular formula is C16H21N3O3. The zero-order valence-electron chi connectivity index (χ0n) is 13.3. The molecule has 2 aromatic rings. The molecule has 0 aliphatic heterocycles. The van der Waals surface area contributed by atoms with E-state index in [0.29, 0.717) is 18.0 Å². The quantitative estimate of drug-likeness (QED) is 0.922. The van der Waals surface area contributed by atoms with Gasteiger partial charge in [-0.15, -0.1) is 0 Å². The lowest BCUT2D eigenvalue weighted by Gasteiger charge is -2.18. The van der Waals surface area contributed by atoms with Crippen molar-refractivity contribution in [2.75, 3.05) is 14.2 Å². The highest BCUT2D eigenvalue weighted by atomic mass is 16.5. The largest absolute Gasteiger partial charge is 0.497 e. The van der Waals surface area contributed by atoms with Crippen molar-refractivity contribution >= 4 is 6.03 Å². The lowest BCUT2D eigenvalue weighted by Crippen LogP contribution is -2.40. The van der Waals surface area contributed by atoms with Crippen molar-refractivity contribution in [3.63, 3.8) is 0 Å². The van der Waals surface area contributed by atoms with Gasteiger partial charge in [0.1, 0.15) is 11.4 Å². The van der Waals surface area contributed by atoms with Gasteiger partial charge in [-0.1, -0.05) is 17.3 Å². The van der Waals surface area contributed by atoms with E-state index in [9.17, 15) is 4.79 Å². The van der Waals surface area contributed by atoms with Crippen LogP contribution in [0.1, 0.15) is 19.5 Å². The van der Waals surface area contributed by atoms with E-state index >= 15 is 0 Å². The third-order valence-corrected chi connectivity index (χ3v) is 3.07. The minimum absolute atomic E-state index is 0.0969. The van der Waals surface area contributed by atoms with Gasteiger partial charge in [-0.2, -0.15) is 0 Å². The summed E-state index contributed by atoms with van der Waals surface area (Å²) < 4.78 is 10.5. The summed E-state index contributed by atoms with van der Waals surface area (Å²) in [6, 6.07) is 9.33. The van der Waals surface area contributed by atoms with Gasteiger partial charge in [-0.25, -0.2) is 4.79 Å². The van der Waals surface area contributed by atoms with Crippen LogP contribution in [0.25, 0.3) is 11.3 Å². The molecule has 1 N–H and O–H groups in total. The summed E-state index contributed by atoms with van der Waals surface area (Å²) in [6.45, 7) is 4.22. The van der Waals surface area contributed by atoms with Crippen LogP contribution in [0.5, 0.6) is 5.75 Å². The molecule has 0 radical (unpaired) electrons. The third kappa shape index (κ3) is 4.00. The van der Waals surface area contributed by atoms with E-state index in [1.54, 1.807) is 19.1 Å². The zero-order valence-corrected chi connectivity index (χ0v) is 13.3. The van der Waals surface area contributed by atoms with Crippen molar-refractivity contribution in [1.29, 1.82) is 0 Å². The molecule has 0 bridgehead atoms. The van der Waals surface area contributed by atoms with Crippen LogP contribution < -0.4 is 10.1 Å². The molecule has 2 rings (SSSR count). The molecule has 1 aromatic carbocycles. The molecule has 6 heteroatoms. The third-order valence-electron chi connectivity index (χ3n) is 3.07. The second kappa shape index (κ2) is 6.98. The lowest BCUT2D eigenvalue weighted by molar-refractivity contribution is 0.203. The van der Waals surface area contributed by atoms with Crippen LogP contribution in [0.15, 0.2) is 34.9 Å². The van der Waals surface area contributed by atoms with Crippen LogP contribution in [0.2, 0.25) is 0 Å². The Hall–Kier alpha value is -2.50. The number of benzene rings is 1. The average Bonchev–Trinajstić information content (AvgIpc) is 2.95. The van der Waals surface area contributed by atoms with Crippen molar-refractivity contribution in [3.05, 3.63) is 36.0 Å². The Kier molecular flexibility index (Phi) is 5.04. The van der Waals surface area contributed by atoms with Crippen LogP contribution in [0.4, 0.5) is 4.79 Å². The predicted molar refractivity (Wildman–Crippen MR) is 83.6 cm³/mol. The van der Waals surface area contributed by atoms with Crippen LogP contribution in [0, 0.1) is 0 Å². The highest BCUT2D eigenvalue weighted by molar-refractivity contribution is 5.74. The minimum atomic E-state index is -0.138. The van der Waals surface area contributed by atoms with E-state index in [1.165, 1.54) is 0 Å². The highest BCUT2D eigenvalue weighted by Crippen LogP contribution is 2.24. The molecule has 118 valence electrons. The summed E-state index contributed by atoms with van der Waals surface area (Å²) in [6.07, 6.45) is 0. The first kappa shape index (κ1) is 15.9. The van der Waals surface area contributed by atoms with Crippen LogP contribution in [-0.2, 0) is 6.54 Å². The van der Waals surface area contributed by atoms with Crippen molar-refractivity contribution in [2.45, 2.75) is 26.4 Å². The number of carbonyl (C=O) groups excluding carboxylic acids is 1. The number of nitrogens with one attached hydrogen (secondary N) is 1. The van der Waals surface area contributed by atoms with E-state index in [4.69, 9.17) is 9.26 Å². The van der Waals surface area contributed by atoms with E-state index in [2.05, 4.69) is 10.5 Å². The molecule has 0 fully saturated rings. The zero-order chi connectivity index (χ0) is 16.1. The molecular weight excluding hydrogens is 282 g/mol. The molecule has 0 atom stereocenters. The average molecular weight is 303 g/mol. The van der Waals surface area contributed by atoms with E-state index in [1.807, 2.05) is 44.2 Å². The summed E-state index contributed by atoms with van der Waals surface area (Å²) in [5.74, 6) is 1.40. The maximum atomic E-state index is 11.9. The molecule has 1 heterocycles. The van der Waals surface area contributed by atoms with Crippen molar-refractivity contribution in [2.24, 2.45) is 0 Å². The number of carbonyl (C=O) groups is 1. The predicted octanol–water partition coefficient (Wildman–Crippen LogP) is 2.90. The van der Waals surface area contributed by atoms with Crippen LogP contribution in [-0.4, -0.2) is 36.3 Å². The number of ether oxygens (including phenoxy) is 1. The van der Waals surface area contributed by atoms with Crippen molar-refractivity contribution < 1.29 is 14.1 Å². The Labute approximate surface area is 130 Å². The second-order valence-electron chi connectivity index (χ2n) is 5.37. The van der Waals surface area contributed by atoms with Gasteiger partial charge in [0.2, 0.25) is 0 Å². The summed E-state index contributed by atoms with van der Waals surface area (Å²) in [4.78, 5) is 13.4. The monoisotopic (exact) mass is 303 g/mol. The summed E-state index contributed by atoms with van der Waals surface area (Å²) in [5.41, 5.74) is 1.58. The fraction of sp³-hybridized carbons (Fsp3) is 0.375. The van der Waals surface area contributed by atoms with Gasteiger partial charge in [0.05, 0.1) is 13.7 Å². The van der Waals surface area contributed by atoms with Gasteiger partial charge in [-0.05, 0) is 26.0 Å². The number of hydrogen-bond donors (Lipinski definition) is 1. The van der Waals surface area contributed by atoms with Gasteiger partial charge in [0, 0.05) is 24.7 Å². The fourth-order valence-corrected chi connectivity index (χ4v) is 1.97. The Bertz CT molecular complexity index is 637. The number of rotatable bonds is 5. The summed E-state index contributed by atoms with van der Waals surface area (Å²) in [7, 11) is 3.34. The second-order valence-corrected chi connectivity index (χ2v) is 5.37. The fourth-order valence-electron chi connectivity index (χ4n) is 1.97. The van der Waals surface area contributed by atoms with E-state index in [-0.39, 0.29) is 12.1 Å². The molecule has 0 unspecified atom stereocenters. The number of hydrogen-bond acceptors (Lipinski definition) is 4. The number of nitrogens with zero attached hydrogens (tertiary/aromatic N) is 2. The van der Waals surface area contributed by atoms with E-state index in [0.717, 1.165) is 11.3 Å². The lowest BCUT2D eigenvalue weighted by atomic mass is 10.1. The van der Waals surface area contributed by atoms with Gasteiger partial charge in [0.15, 0.2) is 5.76 Å². The first-order chi connectivity index (χ1) is 10.5. The molecule has 0 aliphatic rings. The molecule has 22 heavy (non-hydrogen) atoms.